The summed E-state index contributed by atoms with van der Waals surface area (Å²) in [7, 11) is 0. The van der Waals surface area contributed by atoms with Crippen molar-refractivity contribution in [3.8, 4) is 0 Å². The minimum absolute atomic E-state index is 0.327. The van der Waals surface area contributed by atoms with Crippen LogP contribution in [0.2, 0.25) is 0 Å². The van der Waals surface area contributed by atoms with Gasteiger partial charge < -0.3 is 9.88 Å². The number of amides is 1. The van der Waals surface area contributed by atoms with Crippen LogP contribution in [0.3, 0.4) is 0 Å². The van der Waals surface area contributed by atoms with E-state index in [4.69, 9.17) is 0 Å². The number of carbonyl (C=O) groups is 1. The van der Waals surface area contributed by atoms with Gasteiger partial charge in [0, 0.05) is 32.6 Å². The van der Waals surface area contributed by atoms with E-state index in [9.17, 15) is 13.6 Å². The van der Waals surface area contributed by atoms with Crippen molar-refractivity contribution in [1.29, 1.82) is 0 Å². The molecule has 1 unspecified atom stereocenters. The van der Waals surface area contributed by atoms with Crippen LogP contribution in [-0.2, 0) is 19.5 Å². The lowest BCUT2D eigenvalue weighted by Gasteiger charge is -2.20. The zero-order valence-electron chi connectivity index (χ0n) is 17.6. The van der Waals surface area contributed by atoms with Crippen molar-refractivity contribution in [1.82, 2.24) is 25.0 Å². The van der Waals surface area contributed by atoms with Crippen LogP contribution < -0.4 is 5.32 Å². The molecule has 2 aromatic carbocycles. The van der Waals surface area contributed by atoms with Crippen molar-refractivity contribution in [3.63, 3.8) is 0 Å². The Bertz CT molecular complexity index is 1080. The van der Waals surface area contributed by atoms with Crippen LogP contribution in [0.25, 0.3) is 0 Å². The molecule has 0 aliphatic carbocycles. The molecule has 162 valence electrons. The SMILES string of the molecule is Cc1ccc(CN2CCc3nnc(C(C)NC(=O)c4cc(F)ccc4F)n3CC2)cc1. The molecule has 1 aliphatic rings. The summed E-state index contributed by atoms with van der Waals surface area (Å²) in [4.78, 5) is 14.8. The summed E-state index contributed by atoms with van der Waals surface area (Å²) in [5.41, 5.74) is 2.18. The molecule has 8 heteroatoms. The summed E-state index contributed by atoms with van der Waals surface area (Å²) in [5, 5.41) is 11.3. The van der Waals surface area contributed by atoms with Gasteiger partial charge in [-0.1, -0.05) is 29.8 Å². The Morgan fingerprint density at radius 1 is 1.10 bits per heavy atom. The molecule has 0 saturated heterocycles. The number of aromatic nitrogens is 3. The number of hydrogen-bond donors (Lipinski definition) is 1. The van der Waals surface area contributed by atoms with E-state index >= 15 is 0 Å². The number of aryl methyl sites for hydroxylation is 1. The average Bonchev–Trinajstić information content (AvgIpc) is 3.06. The first-order valence-corrected chi connectivity index (χ1v) is 10.4. The van der Waals surface area contributed by atoms with Crippen LogP contribution in [0, 0.1) is 18.6 Å². The maximum absolute atomic E-state index is 13.9. The number of benzene rings is 2. The van der Waals surface area contributed by atoms with E-state index in [1.54, 1.807) is 6.92 Å². The van der Waals surface area contributed by atoms with Crippen LogP contribution in [0.15, 0.2) is 42.5 Å². The zero-order valence-corrected chi connectivity index (χ0v) is 17.6. The highest BCUT2D eigenvalue weighted by molar-refractivity contribution is 5.94. The molecule has 1 aliphatic heterocycles. The molecule has 0 saturated carbocycles. The van der Waals surface area contributed by atoms with Gasteiger partial charge in [0.25, 0.3) is 5.91 Å². The van der Waals surface area contributed by atoms with Crippen molar-refractivity contribution >= 4 is 5.91 Å². The molecule has 0 bridgehead atoms. The third kappa shape index (κ3) is 4.80. The van der Waals surface area contributed by atoms with E-state index in [1.807, 2.05) is 4.57 Å². The molecule has 1 amide bonds. The van der Waals surface area contributed by atoms with Gasteiger partial charge in [0.15, 0.2) is 5.82 Å². The van der Waals surface area contributed by atoms with Crippen LogP contribution in [0.1, 0.15) is 46.1 Å². The van der Waals surface area contributed by atoms with E-state index in [-0.39, 0.29) is 5.56 Å². The number of halogens is 2. The normalized spacial score (nSPS) is 15.2. The molecular formula is C23H25F2N5O. The molecule has 0 radical (unpaired) electrons. The van der Waals surface area contributed by atoms with E-state index in [1.165, 1.54) is 11.1 Å². The fourth-order valence-corrected chi connectivity index (χ4v) is 3.83. The van der Waals surface area contributed by atoms with Crippen LogP contribution in [0.5, 0.6) is 0 Å². The summed E-state index contributed by atoms with van der Waals surface area (Å²) >= 11 is 0. The summed E-state index contributed by atoms with van der Waals surface area (Å²) in [6.07, 6.45) is 0.748. The van der Waals surface area contributed by atoms with Crippen molar-refractivity contribution < 1.29 is 13.6 Å². The van der Waals surface area contributed by atoms with Crippen molar-refractivity contribution in [3.05, 3.63) is 82.4 Å². The molecule has 31 heavy (non-hydrogen) atoms. The van der Waals surface area contributed by atoms with E-state index in [2.05, 4.69) is 51.6 Å². The second-order valence-corrected chi connectivity index (χ2v) is 7.96. The molecule has 1 aromatic heterocycles. The number of fused-ring (bicyclic) bond motifs is 1. The molecule has 2 heterocycles. The van der Waals surface area contributed by atoms with Gasteiger partial charge in [0.2, 0.25) is 0 Å². The van der Waals surface area contributed by atoms with Crippen molar-refractivity contribution in [2.24, 2.45) is 0 Å². The highest BCUT2D eigenvalue weighted by atomic mass is 19.1. The Hall–Kier alpha value is -3.13. The molecule has 0 fully saturated rings. The highest BCUT2D eigenvalue weighted by Crippen LogP contribution is 2.18. The van der Waals surface area contributed by atoms with Gasteiger partial charge in [0.1, 0.15) is 17.5 Å². The summed E-state index contributed by atoms with van der Waals surface area (Å²) in [6.45, 7) is 7.08. The lowest BCUT2D eigenvalue weighted by molar-refractivity contribution is 0.0933. The molecule has 0 spiro atoms. The van der Waals surface area contributed by atoms with Gasteiger partial charge in [-0.2, -0.15) is 0 Å². The Balaban J connectivity index is 1.43. The summed E-state index contributed by atoms with van der Waals surface area (Å²) < 4.78 is 29.4. The van der Waals surface area contributed by atoms with Gasteiger partial charge >= 0.3 is 0 Å². The third-order valence-electron chi connectivity index (χ3n) is 5.58. The van der Waals surface area contributed by atoms with E-state index in [0.29, 0.717) is 12.4 Å². The number of rotatable bonds is 5. The largest absolute Gasteiger partial charge is 0.342 e. The lowest BCUT2D eigenvalue weighted by Crippen LogP contribution is -2.30. The molecule has 1 atom stereocenters. The highest BCUT2D eigenvalue weighted by Gasteiger charge is 2.24. The molecular weight excluding hydrogens is 400 g/mol. The van der Waals surface area contributed by atoms with Gasteiger partial charge in [-0.15, -0.1) is 10.2 Å². The zero-order chi connectivity index (χ0) is 22.0. The quantitative estimate of drug-likeness (QED) is 0.681. The van der Waals surface area contributed by atoms with Gasteiger partial charge in [-0.05, 0) is 37.6 Å². The van der Waals surface area contributed by atoms with Crippen LogP contribution in [-0.4, -0.2) is 38.7 Å². The minimum Gasteiger partial charge on any atom is -0.342 e. The number of carbonyl (C=O) groups excluding carboxylic acids is 1. The Kier molecular flexibility index (Phi) is 6.08. The predicted octanol–water partition coefficient (Wildman–Crippen LogP) is 3.41. The van der Waals surface area contributed by atoms with E-state index < -0.39 is 23.6 Å². The van der Waals surface area contributed by atoms with Gasteiger partial charge in [0.05, 0.1) is 11.6 Å². The van der Waals surface area contributed by atoms with Gasteiger partial charge in [-0.3, -0.25) is 9.69 Å². The maximum atomic E-state index is 13.9. The third-order valence-corrected chi connectivity index (χ3v) is 5.58. The smallest absolute Gasteiger partial charge is 0.254 e. The Labute approximate surface area is 179 Å². The molecule has 6 nitrogen and oxygen atoms in total. The predicted molar refractivity (Wildman–Crippen MR) is 112 cm³/mol. The fourth-order valence-electron chi connectivity index (χ4n) is 3.83. The number of nitrogens with zero attached hydrogens (tertiary/aromatic N) is 4. The average molecular weight is 425 g/mol. The summed E-state index contributed by atoms with van der Waals surface area (Å²) in [6, 6.07) is 10.9. The first kappa shape index (κ1) is 21.1. The second kappa shape index (κ2) is 8.93. The second-order valence-electron chi connectivity index (χ2n) is 7.96. The first-order valence-electron chi connectivity index (χ1n) is 10.4. The molecule has 1 N–H and O–H groups in total. The van der Waals surface area contributed by atoms with Gasteiger partial charge in [-0.25, -0.2) is 8.78 Å². The molecule has 4 rings (SSSR count). The monoisotopic (exact) mass is 425 g/mol. The van der Waals surface area contributed by atoms with Crippen LogP contribution >= 0.6 is 0 Å². The fraction of sp³-hybridized carbons (Fsp3) is 0.348. The first-order chi connectivity index (χ1) is 14.9. The topological polar surface area (TPSA) is 63.1 Å². The maximum Gasteiger partial charge on any atom is 0.254 e. The van der Waals surface area contributed by atoms with Crippen molar-refractivity contribution in [2.45, 2.75) is 39.4 Å². The summed E-state index contributed by atoms with van der Waals surface area (Å²) in [5.74, 6) is -0.643. The van der Waals surface area contributed by atoms with Crippen LogP contribution in [0.4, 0.5) is 8.78 Å². The minimum atomic E-state index is -0.766. The lowest BCUT2D eigenvalue weighted by atomic mass is 10.1. The molecule has 3 aromatic rings. The van der Waals surface area contributed by atoms with E-state index in [0.717, 1.165) is 50.1 Å². The number of nitrogens with one attached hydrogen (secondary N) is 1. The Morgan fingerprint density at radius 2 is 1.87 bits per heavy atom. The standard InChI is InChI=1S/C23H25F2N5O/c1-15-3-5-17(6-4-15)14-29-10-9-21-27-28-22(30(21)12-11-29)16(2)26-23(31)19-13-18(24)7-8-20(19)25/h3-8,13,16H,9-12,14H2,1-2H3,(H,26,31). The Morgan fingerprint density at radius 3 is 2.65 bits per heavy atom. The number of hydrogen-bond acceptors (Lipinski definition) is 4. The van der Waals surface area contributed by atoms with Crippen molar-refractivity contribution in [2.75, 3.05) is 13.1 Å².